The van der Waals surface area contributed by atoms with Crippen molar-refractivity contribution in [3.63, 3.8) is 0 Å². The second-order valence-electron chi connectivity index (χ2n) is 5.92. The molecule has 0 aliphatic heterocycles. The molecule has 0 aliphatic rings. The Hall–Kier alpha value is -2.04. The number of ether oxygens (including phenoxy) is 1. The molecule has 2 rings (SSSR count). The molecule has 0 bridgehead atoms. The van der Waals surface area contributed by atoms with E-state index < -0.39 is 0 Å². The Labute approximate surface area is 157 Å². The third-order valence-corrected chi connectivity index (χ3v) is 4.36. The lowest BCUT2D eigenvalue weighted by Gasteiger charge is -2.14. The van der Waals surface area contributed by atoms with Crippen molar-refractivity contribution in [1.82, 2.24) is 5.43 Å². The van der Waals surface area contributed by atoms with E-state index >= 15 is 0 Å². The largest absolute Gasteiger partial charge is 0.483 e. The number of benzene rings is 2. The Balaban J connectivity index is 1.94. The molecule has 0 aromatic heterocycles. The smallest absolute Gasteiger partial charge is 0.277 e. The first-order chi connectivity index (χ1) is 11.9. The summed E-state index contributed by atoms with van der Waals surface area (Å²) in [6.07, 6.45) is 1.44. The van der Waals surface area contributed by atoms with Crippen LogP contribution in [-0.2, 0) is 4.79 Å². The molecular formula is C19H20Cl2N2O2. The van der Waals surface area contributed by atoms with E-state index in [1.807, 2.05) is 25.1 Å². The van der Waals surface area contributed by atoms with Gasteiger partial charge in [0.1, 0.15) is 5.75 Å². The topological polar surface area (TPSA) is 50.7 Å². The molecule has 0 saturated carbocycles. The number of nitrogens with zero attached hydrogens (tertiary/aromatic N) is 1. The highest BCUT2D eigenvalue weighted by molar-refractivity contribution is 6.43. The normalized spacial score (nSPS) is 11.1. The summed E-state index contributed by atoms with van der Waals surface area (Å²) in [6, 6.07) is 11.2. The predicted octanol–water partition coefficient (Wildman–Crippen LogP) is 4.95. The van der Waals surface area contributed by atoms with Crippen molar-refractivity contribution in [1.29, 1.82) is 0 Å². The average Bonchev–Trinajstić information content (AvgIpc) is 2.56. The third-order valence-electron chi connectivity index (χ3n) is 3.52. The van der Waals surface area contributed by atoms with Gasteiger partial charge in [-0.1, -0.05) is 61.3 Å². The summed E-state index contributed by atoms with van der Waals surface area (Å²) in [5, 5.41) is 4.70. The van der Waals surface area contributed by atoms with Crippen LogP contribution >= 0.6 is 23.2 Å². The fraction of sp³-hybridized carbons (Fsp3) is 0.263. The lowest BCUT2D eigenvalue weighted by molar-refractivity contribution is -0.123. The number of carbonyl (C=O) groups excluding carboxylic acids is 1. The van der Waals surface area contributed by atoms with Crippen molar-refractivity contribution in [2.45, 2.75) is 26.7 Å². The van der Waals surface area contributed by atoms with Crippen molar-refractivity contribution in [2.75, 3.05) is 6.61 Å². The molecule has 0 saturated heterocycles. The first-order valence-corrected chi connectivity index (χ1v) is 8.63. The highest BCUT2D eigenvalue weighted by Gasteiger charge is 2.10. The van der Waals surface area contributed by atoms with Crippen LogP contribution in [0.4, 0.5) is 0 Å². The summed E-state index contributed by atoms with van der Waals surface area (Å²) in [5.74, 6) is 0.666. The minimum absolute atomic E-state index is 0.121. The van der Waals surface area contributed by atoms with Gasteiger partial charge in [-0.25, -0.2) is 5.43 Å². The highest BCUT2D eigenvalue weighted by Crippen LogP contribution is 2.27. The summed E-state index contributed by atoms with van der Waals surface area (Å²) in [4.78, 5) is 11.9. The Morgan fingerprint density at radius 1 is 1.28 bits per heavy atom. The van der Waals surface area contributed by atoms with Crippen LogP contribution in [0.3, 0.4) is 0 Å². The fourth-order valence-corrected chi connectivity index (χ4v) is 2.57. The van der Waals surface area contributed by atoms with Gasteiger partial charge in [0.15, 0.2) is 6.61 Å². The minimum atomic E-state index is -0.356. The standard InChI is InChI=1S/C19H20Cl2N2O2/c1-12(2)15-8-7-13(3)9-17(15)25-11-18(24)23-22-10-14-5-4-6-16(20)19(14)21/h4-10,12H,11H2,1-3H3,(H,23,24). The van der Waals surface area contributed by atoms with Crippen LogP contribution in [0.25, 0.3) is 0 Å². The molecule has 2 aromatic carbocycles. The maximum absolute atomic E-state index is 11.9. The van der Waals surface area contributed by atoms with E-state index in [4.69, 9.17) is 27.9 Å². The van der Waals surface area contributed by atoms with E-state index in [0.29, 0.717) is 27.3 Å². The summed E-state index contributed by atoms with van der Waals surface area (Å²) < 4.78 is 5.65. The number of aryl methyl sites for hydroxylation is 1. The van der Waals surface area contributed by atoms with Gasteiger partial charge in [-0.2, -0.15) is 5.10 Å². The summed E-state index contributed by atoms with van der Waals surface area (Å²) in [7, 11) is 0. The van der Waals surface area contributed by atoms with Crippen LogP contribution in [0.5, 0.6) is 5.75 Å². The Morgan fingerprint density at radius 3 is 2.76 bits per heavy atom. The predicted molar refractivity (Wildman–Crippen MR) is 103 cm³/mol. The molecular weight excluding hydrogens is 359 g/mol. The molecule has 0 spiro atoms. The van der Waals surface area contributed by atoms with Crippen molar-refractivity contribution < 1.29 is 9.53 Å². The van der Waals surface area contributed by atoms with E-state index in [0.717, 1.165) is 11.1 Å². The van der Waals surface area contributed by atoms with Gasteiger partial charge in [-0.3, -0.25) is 4.79 Å². The number of amides is 1. The van der Waals surface area contributed by atoms with Crippen LogP contribution in [0.1, 0.15) is 36.5 Å². The fourth-order valence-electron chi connectivity index (χ4n) is 2.21. The van der Waals surface area contributed by atoms with Crippen molar-refractivity contribution in [3.05, 3.63) is 63.1 Å². The first-order valence-electron chi connectivity index (χ1n) is 7.87. The number of carbonyl (C=O) groups is 1. The second-order valence-corrected chi connectivity index (χ2v) is 6.71. The van der Waals surface area contributed by atoms with Gasteiger partial charge >= 0.3 is 0 Å². The van der Waals surface area contributed by atoms with Gasteiger partial charge < -0.3 is 4.74 Å². The second kappa shape index (κ2) is 8.88. The molecule has 0 fully saturated rings. The molecule has 132 valence electrons. The maximum Gasteiger partial charge on any atom is 0.277 e. The maximum atomic E-state index is 11.9. The monoisotopic (exact) mass is 378 g/mol. The van der Waals surface area contributed by atoms with Crippen molar-refractivity contribution in [2.24, 2.45) is 5.10 Å². The number of hydrogen-bond donors (Lipinski definition) is 1. The number of hydrazone groups is 1. The molecule has 25 heavy (non-hydrogen) atoms. The van der Waals surface area contributed by atoms with E-state index in [9.17, 15) is 4.79 Å². The number of hydrogen-bond acceptors (Lipinski definition) is 3. The van der Waals surface area contributed by atoms with Crippen LogP contribution in [-0.4, -0.2) is 18.7 Å². The molecule has 2 aromatic rings. The zero-order valence-corrected chi connectivity index (χ0v) is 15.9. The SMILES string of the molecule is Cc1ccc(C(C)C)c(OCC(=O)NN=Cc2cccc(Cl)c2Cl)c1. The molecule has 1 amide bonds. The van der Waals surface area contributed by atoms with Gasteiger partial charge in [0, 0.05) is 5.56 Å². The van der Waals surface area contributed by atoms with E-state index in [-0.39, 0.29) is 12.5 Å². The minimum Gasteiger partial charge on any atom is -0.483 e. The van der Waals surface area contributed by atoms with Crippen LogP contribution in [0.15, 0.2) is 41.5 Å². The zero-order chi connectivity index (χ0) is 18.4. The highest BCUT2D eigenvalue weighted by atomic mass is 35.5. The Kier molecular flexibility index (Phi) is 6.85. The van der Waals surface area contributed by atoms with Crippen LogP contribution < -0.4 is 10.2 Å². The average molecular weight is 379 g/mol. The van der Waals surface area contributed by atoms with E-state index in [1.54, 1.807) is 18.2 Å². The lowest BCUT2D eigenvalue weighted by atomic mass is 10.0. The van der Waals surface area contributed by atoms with Gasteiger partial charge in [-0.05, 0) is 36.1 Å². The lowest BCUT2D eigenvalue weighted by Crippen LogP contribution is -2.25. The van der Waals surface area contributed by atoms with Gasteiger partial charge in [0.25, 0.3) is 5.91 Å². The third kappa shape index (κ3) is 5.48. The molecule has 0 aliphatic carbocycles. The van der Waals surface area contributed by atoms with Gasteiger partial charge in [-0.15, -0.1) is 0 Å². The summed E-state index contributed by atoms with van der Waals surface area (Å²) in [6.45, 7) is 6.02. The van der Waals surface area contributed by atoms with Crippen LogP contribution in [0, 0.1) is 6.92 Å². The molecule has 0 unspecified atom stereocenters. The van der Waals surface area contributed by atoms with Crippen molar-refractivity contribution >= 4 is 35.3 Å². The molecule has 6 heteroatoms. The van der Waals surface area contributed by atoms with Crippen molar-refractivity contribution in [3.8, 4) is 5.75 Å². The van der Waals surface area contributed by atoms with Gasteiger partial charge in [0.05, 0.1) is 16.3 Å². The quantitative estimate of drug-likeness (QED) is 0.570. The first kappa shape index (κ1) is 19.3. The van der Waals surface area contributed by atoms with E-state index in [1.165, 1.54) is 6.21 Å². The van der Waals surface area contributed by atoms with Gasteiger partial charge in [0.2, 0.25) is 0 Å². The molecule has 4 nitrogen and oxygen atoms in total. The molecule has 0 radical (unpaired) electrons. The zero-order valence-electron chi connectivity index (χ0n) is 14.3. The number of rotatable bonds is 6. The summed E-state index contributed by atoms with van der Waals surface area (Å²) in [5.41, 5.74) is 5.18. The van der Waals surface area contributed by atoms with Crippen LogP contribution in [0.2, 0.25) is 10.0 Å². The molecule has 0 atom stereocenters. The number of halogens is 2. The molecule has 0 heterocycles. The molecule has 1 N–H and O–H groups in total. The summed E-state index contributed by atoms with van der Waals surface area (Å²) >= 11 is 12.0. The van der Waals surface area contributed by atoms with E-state index in [2.05, 4.69) is 24.4 Å². The number of nitrogens with one attached hydrogen (secondary N) is 1. The Morgan fingerprint density at radius 2 is 2.04 bits per heavy atom. The Bertz CT molecular complexity index is 789.